The van der Waals surface area contributed by atoms with Crippen molar-refractivity contribution < 1.29 is 9.53 Å². The van der Waals surface area contributed by atoms with E-state index in [9.17, 15) is 5.11 Å². The molecule has 2 aromatic rings. The van der Waals surface area contributed by atoms with Gasteiger partial charge in [0.15, 0.2) is 0 Å². The number of hydrogen-bond acceptors (Lipinski definition) is 2. The van der Waals surface area contributed by atoms with E-state index in [1.807, 2.05) is 12.1 Å². The highest BCUT2D eigenvalue weighted by Gasteiger charge is 2.51. The van der Waals surface area contributed by atoms with Crippen LogP contribution in [0.3, 0.4) is 0 Å². The van der Waals surface area contributed by atoms with Crippen LogP contribution < -0.4 is 10.4 Å². The Bertz CT molecular complexity index is 717. The van der Waals surface area contributed by atoms with E-state index in [1.165, 1.54) is 10.4 Å². The highest BCUT2D eigenvalue weighted by Crippen LogP contribution is 2.38. The second-order valence-electron chi connectivity index (χ2n) is 7.85. The van der Waals surface area contributed by atoms with Crippen molar-refractivity contribution in [2.75, 3.05) is 0 Å². The summed E-state index contributed by atoms with van der Waals surface area (Å²) in [4.78, 5) is 0. The molecule has 0 fully saturated rings. The molecule has 27 heavy (non-hydrogen) atoms. The Morgan fingerprint density at radius 1 is 1.07 bits per heavy atom. The topological polar surface area (TPSA) is 29.5 Å². The van der Waals surface area contributed by atoms with E-state index in [2.05, 4.69) is 81.8 Å². The summed E-state index contributed by atoms with van der Waals surface area (Å²) in [6.07, 6.45) is 7.03. The van der Waals surface area contributed by atoms with E-state index in [0.717, 1.165) is 0 Å². The number of terminal acetylenes is 1. The summed E-state index contributed by atoms with van der Waals surface area (Å²) in [5, 5.41) is 12.5. The second-order valence-corrected chi connectivity index (χ2v) is 12.1. The van der Waals surface area contributed by atoms with Crippen molar-refractivity contribution in [3.63, 3.8) is 0 Å². The summed E-state index contributed by atoms with van der Waals surface area (Å²) in [5.74, 6) is 2.52. The van der Waals surface area contributed by atoms with Crippen LogP contribution in [0.1, 0.15) is 33.6 Å². The first-order valence-corrected chi connectivity index (χ1v) is 11.3. The molecule has 0 aliphatic carbocycles. The van der Waals surface area contributed by atoms with Gasteiger partial charge in [0.1, 0.15) is 0 Å². The summed E-state index contributed by atoms with van der Waals surface area (Å²) in [7, 11) is -2.66. The molecule has 2 aromatic carbocycles. The molecule has 0 spiro atoms. The molecule has 0 heterocycles. The number of aliphatic hydroxyl groups is 1. The fourth-order valence-electron chi connectivity index (χ4n) is 3.60. The highest BCUT2D eigenvalue weighted by atomic mass is 28.4. The van der Waals surface area contributed by atoms with Crippen LogP contribution in [0.5, 0.6) is 0 Å². The Balaban J connectivity index is 2.58. The van der Waals surface area contributed by atoms with Crippen molar-refractivity contribution in [2.24, 2.45) is 0 Å². The molecule has 0 aliphatic heterocycles. The van der Waals surface area contributed by atoms with Crippen molar-refractivity contribution >= 4 is 18.7 Å². The first-order chi connectivity index (χ1) is 12.8. The van der Waals surface area contributed by atoms with Gasteiger partial charge < -0.3 is 9.53 Å². The number of benzene rings is 2. The van der Waals surface area contributed by atoms with E-state index in [1.54, 1.807) is 6.08 Å². The summed E-state index contributed by atoms with van der Waals surface area (Å²) in [5.41, 5.74) is 0. The zero-order chi connectivity index (χ0) is 19.9. The van der Waals surface area contributed by atoms with Gasteiger partial charge in [-0.1, -0.05) is 87.5 Å². The predicted octanol–water partition coefficient (Wildman–Crippen LogP) is 3.89. The molecule has 0 amide bonds. The zero-order valence-electron chi connectivity index (χ0n) is 16.6. The van der Waals surface area contributed by atoms with Gasteiger partial charge in [-0.3, -0.25) is 0 Å². The molecule has 0 aromatic heterocycles. The molecule has 2 rings (SSSR count). The Labute approximate surface area is 165 Å². The summed E-state index contributed by atoms with van der Waals surface area (Å²) >= 11 is 0. The van der Waals surface area contributed by atoms with Gasteiger partial charge in [0, 0.05) is 12.8 Å². The minimum Gasteiger partial charge on any atom is -0.401 e. The van der Waals surface area contributed by atoms with Crippen LogP contribution in [0.25, 0.3) is 0 Å². The van der Waals surface area contributed by atoms with E-state index >= 15 is 0 Å². The van der Waals surface area contributed by atoms with Crippen LogP contribution in [0.2, 0.25) is 5.04 Å². The minimum absolute atomic E-state index is 0.117. The lowest BCUT2D eigenvalue weighted by Crippen LogP contribution is -2.67. The molecule has 142 valence electrons. The van der Waals surface area contributed by atoms with Crippen molar-refractivity contribution in [3.05, 3.63) is 73.3 Å². The molecule has 2 atom stereocenters. The molecule has 0 aliphatic rings. The van der Waals surface area contributed by atoms with Crippen molar-refractivity contribution in [1.82, 2.24) is 0 Å². The van der Waals surface area contributed by atoms with Gasteiger partial charge in [-0.05, 0) is 15.4 Å². The second kappa shape index (κ2) is 9.19. The van der Waals surface area contributed by atoms with Gasteiger partial charge in [0.05, 0.1) is 12.2 Å². The number of rotatable bonds is 8. The molecule has 0 unspecified atom stereocenters. The summed E-state index contributed by atoms with van der Waals surface area (Å²) in [6, 6.07) is 20.9. The molecular formula is C24H30O2Si. The van der Waals surface area contributed by atoms with Crippen LogP contribution >= 0.6 is 0 Å². The maximum absolute atomic E-state index is 10.2. The monoisotopic (exact) mass is 378 g/mol. The third-order valence-corrected chi connectivity index (χ3v) is 9.93. The minimum atomic E-state index is -2.66. The Morgan fingerprint density at radius 3 is 1.93 bits per heavy atom. The number of aliphatic hydroxyl groups excluding tert-OH is 1. The third kappa shape index (κ3) is 4.78. The number of hydrogen-bond donors (Lipinski definition) is 1. The fourth-order valence-corrected chi connectivity index (χ4v) is 8.26. The van der Waals surface area contributed by atoms with Gasteiger partial charge in [-0.2, -0.15) is 0 Å². The molecule has 0 radical (unpaired) electrons. The van der Waals surface area contributed by atoms with Gasteiger partial charge in [0.2, 0.25) is 0 Å². The Kier molecular flexibility index (Phi) is 7.21. The first kappa shape index (κ1) is 21.2. The maximum atomic E-state index is 10.2. The summed E-state index contributed by atoms with van der Waals surface area (Å²) in [6.45, 7) is 10.7. The SMILES string of the molecule is C#CC[C@@H](O)C[C@@H](C=C)O[Si](c1ccccc1)(c1ccccc1)C(C)(C)C. The van der Waals surface area contributed by atoms with Crippen LogP contribution in [0.4, 0.5) is 0 Å². The standard InChI is InChI=1S/C24H30O2Si/c1-6-14-20(25)19-21(7-2)26-27(24(3,4)5,22-15-10-8-11-16-22)23-17-12-9-13-18-23/h1,7-13,15-18,20-21,25H,2,14,19H2,3-5H3/t20-,21-/m1/s1. The maximum Gasteiger partial charge on any atom is 0.261 e. The normalized spacial score (nSPS) is 14.2. The quantitative estimate of drug-likeness (QED) is 0.429. The lowest BCUT2D eigenvalue weighted by Gasteiger charge is -2.45. The average molecular weight is 379 g/mol. The van der Waals surface area contributed by atoms with E-state index in [-0.39, 0.29) is 11.1 Å². The lowest BCUT2D eigenvalue weighted by atomic mass is 10.1. The molecular weight excluding hydrogens is 348 g/mol. The van der Waals surface area contributed by atoms with Gasteiger partial charge in [-0.25, -0.2) is 0 Å². The van der Waals surface area contributed by atoms with Crippen molar-refractivity contribution in [1.29, 1.82) is 0 Å². The average Bonchev–Trinajstić information content (AvgIpc) is 2.65. The lowest BCUT2D eigenvalue weighted by molar-refractivity contribution is 0.114. The van der Waals surface area contributed by atoms with E-state index < -0.39 is 14.4 Å². The third-order valence-electron chi connectivity index (χ3n) is 4.87. The molecule has 0 saturated heterocycles. The van der Waals surface area contributed by atoms with E-state index in [0.29, 0.717) is 12.8 Å². The largest absolute Gasteiger partial charge is 0.401 e. The van der Waals surface area contributed by atoms with Gasteiger partial charge in [-0.15, -0.1) is 18.9 Å². The van der Waals surface area contributed by atoms with Crippen LogP contribution in [-0.2, 0) is 4.43 Å². The van der Waals surface area contributed by atoms with Gasteiger partial charge >= 0.3 is 0 Å². The molecule has 0 saturated carbocycles. The van der Waals surface area contributed by atoms with Crippen LogP contribution in [-0.4, -0.2) is 25.6 Å². The van der Waals surface area contributed by atoms with Crippen molar-refractivity contribution in [2.45, 2.75) is 50.9 Å². The van der Waals surface area contributed by atoms with Crippen LogP contribution in [0.15, 0.2) is 73.3 Å². The Hall–Kier alpha value is -2.12. The molecule has 0 bridgehead atoms. The van der Waals surface area contributed by atoms with Gasteiger partial charge in [0.25, 0.3) is 8.32 Å². The molecule has 1 N–H and O–H groups in total. The molecule has 3 heteroatoms. The smallest absolute Gasteiger partial charge is 0.261 e. The van der Waals surface area contributed by atoms with Crippen LogP contribution in [0, 0.1) is 12.3 Å². The first-order valence-electron chi connectivity index (χ1n) is 9.38. The Morgan fingerprint density at radius 2 is 1.56 bits per heavy atom. The van der Waals surface area contributed by atoms with E-state index in [4.69, 9.17) is 10.8 Å². The summed E-state index contributed by atoms with van der Waals surface area (Å²) < 4.78 is 6.93. The predicted molar refractivity (Wildman–Crippen MR) is 117 cm³/mol. The molecule has 2 nitrogen and oxygen atoms in total. The van der Waals surface area contributed by atoms with Crippen molar-refractivity contribution in [3.8, 4) is 12.3 Å². The highest BCUT2D eigenvalue weighted by molar-refractivity contribution is 6.99. The fraction of sp³-hybridized carbons (Fsp3) is 0.333. The zero-order valence-corrected chi connectivity index (χ0v) is 17.6.